The molecule has 6 nitrogen and oxygen atoms in total. The molecule has 0 unspecified atom stereocenters. The van der Waals surface area contributed by atoms with Crippen LogP contribution < -0.4 is 0 Å². The summed E-state index contributed by atoms with van der Waals surface area (Å²) in [5.41, 5.74) is 4.01. The Balaban J connectivity index is 2.47. The summed E-state index contributed by atoms with van der Waals surface area (Å²) in [5.74, 6) is -0.268. The van der Waals surface area contributed by atoms with Crippen molar-refractivity contribution in [2.75, 3.05) is 20.6 Å². The maximum Gasteiger partial charge on any atom is 0.412 e. The zero-order chi connectivity index (χ0) is 18.9. The zero-order valence-electron chi connectivity index (χ0n) is 15.5. The molecule has 0 fully saturated rings. The van der Waals surface area contributed by atoms with E-state index in [0.717, 1.165) is 21.6 Å². The molecule has 2 amide bonds. The molecule has 0 bridgehead atoms. The lowest BCUT2D eigenvalue weighted by Gasteiger charge is -2.28. The molecule has 134 valence electrons. The van der Waals surface area contributed by atoms with Crippen molar-refractivity contribution in [2.45, 2.75) is 40.0 Å². The van der Waals surface area contributed by atoms with E-state index in [1.807, 2.05) is 6.08 Å². The van der Waals surface area contributed by atoms with Gasteiger partial charge in [0.1, 0.15) is 6.54 Å². The van der Waals surface area contributed by atoms with Crippen LogP contribution in [0.3, 0.4) is 0 Å². The minimum Gasteiger partial charge on any atom is -0.465 e. The average Bonchev–Trinajstić information content (AvgIpc) is 2.93. The van der Waals surface area contributed by atoms with Crippen molar-refractivity contribution >= 4 is 12.0 Å². The summed E-state index contributed by atoms with van der Waals surface area (Å²) in [4.78, 5) is 26.2. The zero-order valence-corrected chi connectivity index (χ0v) is 15.5. The van der Waals surface area contributed by atoms with Crippen LogP contribution in [0.25, 0.3) is 0 Å². The van der Waals surface area contributed by atoms with Crippen LogP contribution in [0.5, 0.6) is 0 Å². The maximum atomic E-state index is 12.0. The molecule has 0 saturated heterocycles. The molecule has 2 aliphatic rings. The summed E-state index contributed by atoms with van der Waals surface area (Å²) < 4.78 is 0. The van der Waals surface area contributed by atoms with Crippen molar-refractivity contribution in [2.24, 2.45) is 5.41 Å². The quantitative estimate of drug-likeness (QED) is 0.852. The van der Waals surface area contributed by atoms with Gasteiger partial charge in [-0.15, -0.1) is 0 Å². The minimum absolute atomic E-state index is 0.139. The molecule has 2 aliphatic carbocycles. The summed E-state index contributed by atoms with van der Waals surface area (Å²) in [5, 5.41) is 19.2. The Kier molecular flexibility index (Phi) is 5.07. The molecule has 0 atom stereocenters. The lowest BCUT2D eigenvalue weighted by molar-refractivity contribution is -0.129. The number of allylic oxidation sites excluding steroid dienone is 6. The number of rotatable bonds is 3. The van der Waals surface area contributed by atoms with Crippen molar-refractivity contribution in [3.05, 3.63) is 34.1 Å². The molecule has 25 heavy (non-hydrogen) atoms. The Morgan fingerprint density at radius 3 is 2.36 bits per heavy atom. The SMILES string of the molecule is CN(C)C(=O)CN(C(=O)O)C1=C2CC=C(C(C)(C)C)C(C#N)=C2CC1. The van der Waals surface area contributed by atoms with Crippen LogP contribution in [0.15, 0.2) is 34.1 Å². The van der Waals surface area contributed by atoms with E-state index in [9.17, 15) is 20.0 Å². The smallest absolute Gasteiger partial charge is 0.412 e. The van der Waals surface area contributed by atoms with E-state index in [0.29, 0.717) is 30.5 Å². The van der Waals surface area contributed by atoms with Gasteiger partial charge in [-0.3, -0.25) is 9.69 Å². The fraction of sp³-hybridized carbons (Fsp3) is 0.526. The summed E-state index contributed by atoms with van der Waals surface area (Å²) in [6.07, 6.45) is 2.66. The van der Waals surface area contributed by atoms with Gasteiger partial charge < -0.3 is 10.0 Å². The predicted octanol–water partition coefficient (Wildman–Crippen LogP) is 3.30. The van der Waals surface area contributed by atoms with E-state index in [-0.39, 0.29) is 17.9 Å². The standard InChI is InChI=1S/C19H25N3O3/c1-19(2,3)15-8-6-13-12(14(15)10-20)7-9-16(13)22(18(24)25)11-17(23)21(4)5/h8H,6-7,9,11H2,1-5H3,(H,24,25). The van der Waals surface area contributed by atoms with Gasteiger partial charge >= 0.3 is 6.09 Å². The van der Waals surface area contributed by atoms with Crippen LogP contribution in [0.4, 0.5) is 4.79 Å². The van der Waals surface area contributed by atoms with Crippen LogP contribution in [0.2, 0.25) is 0 Å². The van der Waals surface area contributed by atoms with E-state index in [1.165, 1.54) is 4.90 Å². The van der Waals surface area contributed by atoms with Crippen LogP contribution in [-0.4, -0.2) is 47.5 Å². The Morgan fingerprint density at radius 2 is 1.88 bits per heavy atom. The number of hydrogen-bond donors (Lipinski definition) is 1. The van der Waals surface area contributed by atoms with Gasteiger partial charge in [-0.2, -0.15) is 5.26 Å². The fourth-order valence-electron chi connectivity index (χ4n) is 3.37. The second-order valence-corrected chi connectivity index (χ2v) is 7.62. The van der Waals surface area contributed by atoms with E-state index in [1.54, 1.807) is 14.1 Å². The van der Waals surface area contributed by atoms with Gasteiger partial charge in [0, 0.05) is 19.8 Å². The molecular formula is C19H25N3O3. The molecular weight excluding hydrogens is 318 g/mol. The van der Waals surface area contributed by atoms with Crippen LogP contribution in [-0.2, 0) is 4.79 Å². The first kappa shape index (κ1) is 18.8. The molecule has 0 aromatic carbocycles. The van der Waals surface area contributed by atoms with Crippen LogP contribution >= 0.6 is 0 Å². The molecule has 0 spiro atoms. The number of hydrogen-bond acceptors (Lipinski definition) is 3. The third-order valence-electron chi connectivity index (χ3n) is 4.67. The lowest BCUT2D eigenvalue weighted by atomic mass is 9.76. The van der Waals surface area contributed by atoms with Crippen molar-refractivity contribution in [1.82, 2.24) is 9.80 Å². The maximum absolute atomic E-state index is 12.0. The number of carboxylic acid groups (broad SMARTS) is 1. The highest BCUT2D eigenvalue weighted by Crippen LogP contribution is 2.46. The van der Waals surface area contributed by atoms with Gasteiger partial charge in [0.2, 0.25) is 5.91 Å². The van der Waals surface area contributed by atoms with E-state index in [2.05, 4.69) is 26.8 Å². The first-order valence-electron chi connectivity index (χ1n) is 8.35. The topological polar surface area (TPSA) is 84.6 Å². The number of nitriles is 1. The highest BCUT2D eigenvalue weighted by Gasteiger charge is 2.35. The predicted molar refractivity (Wildman–Crippen MR) is 94.5 cm³/mol. The first-order chi connectivity index (χ1) is 11.6. The van der Waals surface area contributed by atoms with E-state index >= 15 is 0 Å². The van der Waals surface area contributed by atoms with Crippen LogP contribution in [0.1, 0.15) is 40.0 Å². The highest BCUT2D eigenvalue weighted by molar-refractivity contribution is 5.83. The summed E-state index contributed by atoms with van der Waals surface area (Å²) in [7, 11) is 3.21. The van der Waals surface area contributed by atoms with Gasteiger partial charge in [-0.05, 0) is 41.4 Å². The monoisotopic (exact) mass is 343 g/mol. The molecule has 0 aromatic heterocycles. The molecule has 6 heteroatoms. The average molecular weight is 343 g/mol. The number of carbonyl (C=O) groups is 2. The van der Waals surface area contributed by atoms with Crippen molar-refractivity contribution in [3.8, 4) is 6.07 Å². The second kappa shape index (κ2) is 6.75. The largest absolute Gasteiger partial charge is 0.465 e. The normalized spacial score (nSPS) is 17.0. The number of nitrogens with zero attached hydrogens (tertiary/aromatic N) is 3. The van der Waals surface area contributed by atoms with E-state index < -0.39 is 6.09 Å². The highest BCUT2D eigenvalue weighted by atomic mass is 16.4. The molecule has 0 radical (unpaired) electrons. The third-order valence-corrected chi connectivity index (χ3v) is 4.67. The summed E-state index contributed by atoms with van der Waals surface area (Å²) in [6.45, 7) is 6.01. The van der Waals surface area contributed by atoms with Crippen molar-refractivity contribution < 1.29 is 14.7 Å². The summed E-state index contributed by atoms with van der Waals surface area (Å²) in [6, 6.07) is 2.32. The Hall–Kier alpha value is -2.55. The molecule has 0 heterocycles. The molecule has 0 aromatic rings. The lowest BCUT2D eigenvalue weighted by Crippen LogP contribution is -2.39. The second-order valence-electron chi connectivity index (χ2n) is 7.62. The number of likely N-dealkylation sites (N-methyl/N-ethyl adjacent to an activating group) is 1. The molecule has 1 N–H and O–H groups in total. The molecule has 0 aliphatic heterocycles. The first-order valence-corrected chi connectivity index (χ1v) is 8.35. The fourth-order valence-corrected chi connectivity index (χ4v) is 3.37. The van der Waals surface area contributed by atoms with Crippen molar-refractivity contribution in [3.63, 3.8) is 0 Å². The van der Waals surface area contributed by atoms with Gasteiger partial charge in [-0.1, -0.05) is 26.8 Å². The third kappa shape index (κ3) is 3.60. The molecule has 0 saturated carbocycles. The van der Waals surface area contributed by atoms with Gasteiger partial charge in [-0.25, -0.2) is 4.79 Å². The number of fused-ring (bicyclic) bond motifs is 1. The van der Waals surface area contributed by atoms with Gasteiger partial charge in [0.15, 0.2) is 0 Å². The Bertz CT molecular complexity index is 743. The van der Waals surface area contributed by atoms with Gasteiger partial charge in [0.25, 0.3) is 0 Å². The summed E-state index contributed by atoms with van der Waals surface area (Å²) >= 11 is 0. The number of carbonyl (C=O) groups excluding carboxylic acids is 1. The number of amides is 2. The molecule has 2 rings (SSSR count). The van der Waals surface area contributed by atoms with Crippen molar-refractivity contribution in [1.29, 1.82) is 5.26 Å². The Morgan fingerprint density at radius 1 is 1.24 bits per heavy atom. The minimum atomic E-state index is -1.14. The van der Waals surface area contributed by atoms with Gasteiger partial charge in [0.05, 0.1) is 11.6 Å². The van der Waals surface area contributed by atoms with Crippen LogP contribution in [0, 0.1) is 16.7 Å². The van der Waals surface area contributed by atoms with E-state index in [4.69, 9.17) is 0 Å². The Labute approximate surface area is 148 Å².